The third kappa shape index (κ3) is 1.62. The van der Waals surface area contributed by atoms with Crippen molar-refractivity contribution < 1.29 is 9.90 Å². The zero-order chi connectivity index (χ0) is 11.5. The molecule has 0 atom stereocenters. The first kappa shape index (κ1) is 9.86. The summed E-state index contributed by atoms with van der Waals surface area (Å²) in [6.07, 6.45) is 4.24. The van der Waals surface area contributed by atoms with Gasteiger partial charge in [0.15, 0.2) is 5.82 Å². The topological polar surface area (TPSA) is 91.8 Å². The van der Waals surface area contributed by atoms with Gasteiger partial charge in [0.25, 0.3) is 0 Å². The predicted octanol–water partition coefficient (Wildman–Crippen LogP) is 0.837. The van der Waals surface area contributed by atoms with Crippen molar-refractivity contribution in [2.24, 2.45) is 0 Å². The van der Waals surface area contributed by atoms with Gasteiger partial charge in [0, 0.05) is 6.20 Å². The normalized spacial score (nSPS) is 9.69. The highest BCUT2D eigenvalue weighted by Gasteiger charge is 2.12. The number of nitrogens with zero attached hydrogens (tertiary/aromatic N) is 4. The molecule has 0 fully saturated rings. The molecule has 2 aromatic heterocycles. The van der Waals surface area contributed by atoms with Gasteiger partial charge in [0.2, 0.25) is 0 Å². The maximum atomic E-state index is 10.9. The summed E-state index contributed by atoms with van der Waals surface area (Å²) in [5, 5.41) is 21.4. The Morgan fingerprint density at radius 1 is 1.56 bits per heavy atom. The van der Waals surface area contributed by atoms with Crippen LogP contribution in [0.25, 0.3) is 5.82 Å². The van der Waals surface area contributed by atoms with Crippen LogP contribution >= 0.6 is 0 Å². The molecule has 0 aliphatic rings. The Hall–Kier alpha value is -2.68. The average molecular weight is 214 g/mol. The van der Waals surface area contributed by atoms with Crippen LogP contribution in [0.5, 0.6) is 0 Å². The monoisotopic (exact) mass is 214 g/mol. The molecule has 16 heavy (non-hydrogen) atoms. The first-order valence-electron chi connectivity index (χ1n) is 4.36. The lowest BCUT2D eigenvalue weighted by molar-refractivity contribution is 0.0696. The summed E-state index contributed by atoms with van der Waals surface area (Å²) in [7, 11) is 0. The SMILES string of the molecule is N#Cc1cnn(-c2ncccc2C(=O)O)c1. The number of hydrogen-bond donors (Lipinski definition) is 1. The summed E-state index contributed by atoms with van der Waals surface area (Å²) < 4.78 is 1.27. The second-order valence-electron chi connectivity index (χ2n) is 2.97. The Morgan fingerprint density at radius 2 is 2.38 bits per heavy atom. The maximum absolute atomic E-state index is 10.9. The van der Waals surface area contributed by atoms with Crippen LogP contribution in [-0.2, 0) is 0 Å². The third-order valence-corrected chi connectivity index (χ3v) is 1.95. The van der Waals surface area contributed by atoms with Gasteiger partial charge in [-0.1, -0.05) is 0 Å². The van der Waals surface area contributed by atoms with E-state index in [1.54, 1.807) is 0 Å². The molecule has 0 aliphatic carbocycles. The molecule has 2 rings (SSSR count). The molecule has 0 spiro atoms. The minimum absolute atomic E-state index is 0.0371. The highest BCUT2D eigenvalue weighted by Crippen LogP contribution is 2.11. The zero-order valence-electron chi connectivity index (χ0n) is 8.03. The van der Waals surface area contributed by atoms with Crippen molar-refractivity contribution in [2.75, 3.05) is 0 Å². The van der Waals surface area contributed by atoms with E-state index in [0.717, 1.165) is 0 Å². The number of carboxylic acids is 1. The second kappa shape index (κ2) is 3.82. The Bertz CT molecular complexity index is 583. The Morgan fingerprint density at radius 3 is 3.00 bits per heavy atom. The van der Waals surface area contributed by atoms with E-state index in [1.807, 2.05) is 6.07 Å². The van der Waals surface area contributed by atoms with E-state index < -0.39 is 5.97 Å². The summed E-state index contributed by atoms with van der Waals surface area (Å²) in [4.78, 5) is 14.9. The quantitative estimate of drug-likeness (QED) is 0.799. The van der Waals surface area contributed by atoms with Gasteiger partial charge in [-0.05, 0) is 12.1 Å². The van der Waals surface area contributed by atoms with Crippen LogP contribution in [0.4, 0.5) is 0 Å². The van der Waals surface area contributed by atoms with Crippen LogP contribution in [0.3, 0.4) is 0 Å². The number of hydrogen-bond acceptors (Lipinski definition) is 4. The van der Waals surface area contributed by atoms with Gasteiger partial charge in [-0.25, -0.2) is 14.5 Å². The highest BCUT2D eigenvalue weighted by molar-refractivity contribution is 5.90. The summed E-state index contributed by atoms with van der Waals surface area (Å²) in [5.74, 6) is -0.895. The van der Waals surface area contributed by atoms with Crippen molar-refractivity contribution in [3.63, 3.8) is 0 Å². The number of pyridine rings is 1. The van der Waals surface area contributed by atoms with Crippen LogP contribution in [0.2, 0.25) is 0 Å². The van der Waals surface area contributed by atoms with Crippen molar-refractivity contribution in [3.05, 3.63) is 41.9 Å². The predicted molar refractivity (Wildman–Crippen MR) is 53.0 cm³/mol. The largest absolute Gasteiger partial charge is 0.478 e. The number of carbonyl (C=O) groups is 1. The minimum Gasteiger partial charge on any atom is -0.478 e. The van der Waals surface area contributed by atoms with Gasteiger partial charge >= 0.3 is 5.97 Å². The maximum Gasteiger partial charge on any atom is 0.339 e. The van der Waals surface area contributed by atoms with Gasteiger partial charge in [-0.2, -0.15) is 10.4 Å². The molecule has 0 saturated heterocycles. The molecule has 0 saturated carbocycles. The van der Waals surface area contributed by atoms with Crippen LogP contribution in [0, 0.1) is 11.3 Å². The fourth-order valence-electron chi connectivity index (χ4n) is 1.24. The van der Waals surface area contributed by atoms with Crippen molar-refractivity contribution in [3.8, 4) is 11.9 Å². The molecule has 0 aromatic carbocycles. The van der Waals surface area contributed by atoms with Crippen molar-refractivity contribution in [1.82, 2.24) is 14.8 Å². The first-order chi connectivity index (χ1) is 7.72. The molecular weight excluding hydrogens is 208 g/mol. The molecular formula is C10H6N4O2. The molecule has 0 unspecified atom stereocenters. The molecule has 0 radical (unpaired) electrons. The smallest absolute Gasteiger partial charge is 0.339 e. The van der Waals surface area contributed by atoms with Gasteiger partial charge in [0.1, 0.15) is 11.6 Å². The first-order valence-corrected chi connectivity index (χ1v) is 4.36. The summed E-state index contributed by atoms with van der Waals surface area (Å²) in [6.45, 7) is 0. The van der Waals surface area contributed by atoms with Gasteiger partial charge in [0.05, 0.1) is 18.0 Å². The van der Waals surface area contributed by atoms with Crippen LogP contribution in [-0.4, -0.2) is 25.8 Å². The number of rotatable bonds is 2. The molecule has 0 bridgehead atoms. The van der Waals surface area contributed by atoms with Crippen LogP contribution in [0.1, 0.15) is 15.9 Å². The lowest BCUT2D eigenvalue weighted by atomic mass is 10.2. The van der Waals surface area contributed by atoms with Gasteiger partial charge in [-0.3, -0.25) is 0 Å². The Kier molecular flexibility index (Phi) is 2.36. The summed E-state index contributed by atoms with van der Waals surface area (Å²) in [5.41, 5.74) is 0.386. The van der Waals surface area contributed by atoms with Crippen LogP contribution < -0.4 is 0 Å². The van der Waals surface area contributed by atoms with Crippen LogP contribution in [0.15, 0.2) is 30.7 Å². The zero-order valence-corrected chi connectivity index (χ0v) is 8.03. The van der Waals surface area contributed by atoms with E-state index in [0.29, 0.717) is 5.56 Å². The number of aromatic carboxylic acids is 1. The number of nitriles is 1. The van der Waals surface area contributed by atoms with E-state index in [1.165, 1.54) is 35.4 Å². The van der Waals surface area contributed by atoms with Gasteiger partial charge in [-0.15, -0.1) is 0 Å². The highest BCUT2D eigenvalue weighted by atomic mass is 16.4. The molecule has 6 nitrogen and oxygen atoms in total. The third-order valence-electron chi connectivity index (χ3n) is 1.95. The van der Waals surface area contributed by atoms with E-state index in [4.69, 9.17) is 10.4 Å². The van der Waals surface area contributed by atoms with E-state index in [-0.39, 0.29) is 11.4 Å². The standard InChI is InChI=1S/C10H6N4O2/c11-4-7-5-13-14(6-7)9-8(10(15)16)2-1-3-12-9/h1-3,5-6H,(H,15,16). The Labute approximate surface area is 90.4 Å². The Balaban J connectivity index is 2.56. The molecule has 2 heterocycles. The van der Waals surface area contributed by atoms with Crippen molar-refractivity contribution in [2.45, 2.75) is 0 Å². The lowest BCUT2D eigenvalue weighted by Crippen LogP contribution is -2.07. The number of aromatic nitrogens is 3. The van der Waals surface area contributed by atoms with Gasteiger partial charge < -0.3 is 5.11 Å². The number of carboxylic acid groups (broad SMARTS) is 1. The van der Waals surface area contributed by atoms with E-state index in [2.05, 4.69) is 10.1 Å². The summed E-state index contributed by atoms with van der Waals surface area (Å²) >= 11 is 0. The fraction of sp³-hybridized carbons (Fsp3) is 0. The van der Waals surface area contributed by atoms with Crippen molar-refractivity contribution in [1.29, 1.82) is 5.26 Å². The van der Waals surface area contributed by atoms with E-state index in [9.17, 15) is 4.79 Å². The average Bonchev–Trinajstić information content (AvgIpc) is 2.77. The molecule has 2 aromatic rings. The second-order valence-corrected chi connectivity index (χ2v) is 2.97. The molecule has 78 valence electrons. The van der Waals surface area contributed by atoms with E-state index >= 15 is 0 Å². The van der Waals surface area contributed by atoms with Crippen molar-refractivity contribution >= 4 is 5.97 Å². The molecule has 0 aliphatic heterocycles. The molecule has 6 heteroatoms. The molecule has 0 amide bonds. The lowest BCUT2D eigenvalue weighted by Gasteiger charge is -2.03. The molecule has 1 N–H and O–H groups in total. The summed E-state index contributed by atoms with van der Waals surface area (Å²) in [6, 6.07) is 4.87. The fourth-order valence-corrected chi connectivity index (χ4v) is 1.24. The minimum atomic E-state index is -1.09.